The average molecular weight is 687 g/mol. The van der Waals surface area contributed by atoms with Crippen molar-refractivity contribution in [3.05, 3.63) is 0 Å². The normalized spacial score (nSPS) is 16.2. The highest BCUT2D eigenvalue weighted by molar-refractivity contribution is 6.81. The molecule has 0 N–H and O–H groups in total. The number of halogens is 18. The summed E-state index contributed by atoms with van der Waals surface area (Å²) < 4.78 is 245. The summed E-state index contributed by atoms with van der Waals surface area (Å²) in [5.74, 6) is -39.7. The van der Waals surface area contributed by atoms with Crippen molar-refractivity contribution in [1.82, 2.24) is 0 Å². The minimum Gasteiger partial charge on any atom is -0.439 e. The van der Waals surface area contributed by atoms with Crippen molar-refractivity contribution in [2.75, 3.05) is 0 Å². The van der Waals surface area contributed by atoms with E-state index in [1.54, 1.807) is 0 Å². The van der Waals surface area contributed by atoms with E-state index in [4.69, 9.17) is 8.23 Å². The van der Waals surface area contributed by atoms with Crippen LogP contribution in [0.15, 0.2) is 0 Å². The topological polar surface area (TPSA) is 18.5 Å². The van der Waals surface area contributed by atoms with Crippen molar-refractivity contribution < 1.29 is 87.3 Å². The van der Waals surface area contributed by atoms with Gasteiger partial charge in [-0.3, -0.25) is 0 Å². The SMILES string of the molecule is C[SiH](O[Si](C)(C)CCC(F)(F)C(F)(F)C(F)(F)C(F)(F)F)O[Si](C)(C)CCC(F)(F)C(F)(F)C(F)(F)C(F)(F)F. The van der Waals surface area contributed by atoms with Crippen molar-refractivity contribution in [2.24, 2.45) is 0 Å². The van der Waals surface area contributed by atoms with E-state index in [2.05, 4.69) is 0 Å². The Morgan fingerprint density at radius 2 is 0.675 bits per heavy atom. The molecule has 0 aromatic rings. The minimum atomic E-state index is -7.10. The molecule has 0 aromatic heterocycles. The van der Waals surface area contributed by atoms with Gasteiger partial charge in [0.05, 0.1) is 0 Å². The summed E-state index contributed by atoms with van der Waals surface area (Å²) >= 11 is 0. The van der Waals surface area contributed by atoms with E-state index in [-0.39, 0.29) is 0 Å². The summed E-state index contributed by atoms with van der Waals surface area (Å²) in [6.07, 6.45) is -18.4. The van der Waals surface area contributed by atoms with Gasteiger partial charge < -0.3 is 8.23 Å². The van der Waals surface area contributed by atoms with Crippen molar-refractivity contribution in [3.63, 3.8) is 0 Å². The van der Waals surface area contributed by atoms with Gasteiger partial charge in [0.1, 0.15) is 0 Å². The summed E-state index contributed by atoms with van der Waals surface area (Å²) in [6.45, 7) is 5.19. The molecule has 0 aliphatic carbocycles. The Bertz CT molecular complexity index is 786. The zero-order chi connectivity index (χ0) is 32.8. The van der Waals surface area contributed by atoms with Gasteiger partial charge in [-0.05, 0) is 44.8 Å². The van der Waals surface area contributed by atoms with Gasteiger partial charge in [0.2, 0.25) is 0 Å². The lowest BCUT2D eigenvalue weighted by Crippen LogP contribution is -2.61. The predicted octanol–water partition coefficient (Wildman–Crippen LogP) is 9.00. The van der Waals surface area contributed by atoms with Crippen LogP contribution >= 0.6 is 0 Å². The highest BCUT2D eigenvalue weighted by Gasteiger charge is 2.82. The Morgan fingerprint density at radius 3 is 0.875 bits per heavy atom. The Kier molecular flexibility index (Phi) is 11.2. The van der Waals surface area contributed by atoms with Gasteiger partial charge in [0, 0.05) is 12.8 Å². The predicted molar refractivity (Wildman–Crippen MR) is 111 cm³/mol. The van der Waals surface area contributed by atoms with Crippen molar-refractivity contribution in [1.29, 1.82) is 0 Å². The van der Waals surface area contributed by atoms with Crippen molar-refractivity contribution >= 4 is 25.9 Å². The lowest BCUT2D eigenvalue weighted by molar-refractivity contribution is -0.396. The largest absolute Gasteiger partial charge is 0.460 e. The fourth-order valence-electron chi connectivity index (χ4n) is 3.09. The molecule has 40 heavy (non-hydrogen) atoms. The number of hydrogen-bond donors (Lipinski definition) is 0. The Labute approximate surface area is 219 Å². The third-order valence-electron chi connectivity index (χ3n) is 5.47. The van der Waals surface area contributed by atoms with Crippen LogP contribution in [-0.2, 0) is 8.23 Å². The standard InChI is InChI=1S/C17H24F18O2Si3/c1-38(36-39(2,3)8-6-10(18,19)12(22,23)14(26,27)16(30,31)32)37-40(4,5)9-7-11(20,21)13(24,25)15(28,29)17(33,34)35/h38H,6-9H2,1-5H3. The Morgan fingerprint density at radius 1 is 0.450 bits per heavy atom. The quantitative estimate of drug-likeness (QED) is 0.134. The number of rotatable bonds is 14. The smallest absolute Gasteiger partial charge is 0.439 e. The zero-order valence-electron chi connectivity index (χ0n) is 21.0. The molecule has 0 saturated heterocycles. The number of alkyl halides is 18. The van der Waals surface area contributed by atoms with E-state index in [0.29, 0.717) is 0 Å². The van der Waals surface area contributed by atoms with Gasteiger partial charge in [0.25, 0.3) is 9.28 Å². The molecule has 2 nitrogen and oxygen atoms in total. The summed E-state index contributed by atoms with van der Waals surface area (Å²) in [4.78, 5) is 0. The second-order valence-electron chi connectivity index (χ2n) is 10.0. The molecular formula is C17H24F18O2Si3. The van der Waals surface area contributed by atoms with Crippen LogP contribution in [-0.4, -0.2) is 73.8 Å². The summed E-state index contributed by atoms with van der Waals surface area (Å²) in [5.41, 5.74) is 0. The van der Waals surface area contributed by atoms with E-state index in [1.165, 1.54) is 0 Å². The molecular weight excluding hydrogens is 662 g/mol. The van der Waals surface area contributed by atoms with Crippen LogP contribution in [0, 0.1) is 0 Å². The van der Waals surface area contributed by atoms with Crippen LogP contribution in [0.25, 0.3) is 0 Å². The van der Waals surface area contributed by atoms with Crippen LogP contribution < -0.4 is 0 Å². The van der Waals surface area contributed by atoms with Gasteiger partial charge in [-0.25, -0.2) is 0 Å². The molecule has 0 aliphatic heterocycles. The first-order chi connectivity index (χ1) is 17.0. The van der Waals surface area contributed by atoms with E-state index < -0.39 is 98.7 Å². The zero-order valence-corrected chi connectivity index (χ0v) is 24.2. The molecule has 0 aliphatic rings. The summed E-state index contributed by atoms with van der Waals surface area (Å²) in [6, 6.07) is -2.30. The fourth-order valence-corrected chi connectivity index (χ4v) is 13.7. The molecule has 0 radical (unpaired) electrons. The van der Waals surface area contributed by atoms with Gasteiger partial charge in [-0.2, -0.15) is 79.0 Å². The Balaban J connectivity index is 5.41. The molecule has 23 heteroatoms. The average Bonchev–Trinajstić information content (AvgIpc) is 2.68. The van der Waals surface area contributed by atoms with E-state index in [1.807, 2.05) is 0 Å². The molecule has 0 bridgehead atoms. The summed E-state index contributed by atoms with van der Waals surface area (Å²) in [7, 11) is -10.6. The van der Waals surface area contributed by atoms with Gasteiger partial charge >= 0.3 is 47.9 Å². The van der Waals surface area contributed by atoms with E-state index in [9.17, 15) is 79.0 Å². The van der Waals surface area contributed by atoms with Crippen molar-refractivity contribution in [2.45, 2.75) is 106 Å². The first-order valence-corrected chi connectivity index (χ1v) is 19.1. The molecule has 0 spiro atoms. The first kappa shape index (κ1) is 39.3. The monoisotopic (exact) mass is 686 g/mol. The Hall–Kier alpha value is -0.689. The highest BCUT2D eigenvalue weighted by Crippen LogP contribution is 2.56. The lowest BCUT2D eigenvalue weighted by Gasteiger charge is -2.37. The van der Waals surface area contributed by atoms with Crippen molar-refractivity contribution in [3.8, 4) is 0 Å². The maximum atomic E-state index is 13.8. The third-order valence-corrected chi connectivity index (χ3v) is 16.1. The molecule has 0 amide bonds. The highest BCUT2D eigenvalue weighted by atomic mass is 28.4. The third kappa shape index (κ3) is 8.23. The minimum absolute atomic E-state index is 1.03. The molecule has 242 valence electrons. The van der Waals surface area contributed by atoms with E-state index in [0.717, 1.165) is 32.7 Å². The maximum absolute atomic E-state index is 13.8. The first-order valence-electron chi connectivity index (χ1n) is 10.8. The van der Waals surface area contributed by atoms with Gasteiger partial charge in [0.15, 0.2) is 16.6 Å². The second kappa shape index (κ2) is 11.4. The maximum Gasteiger partial charge on any atom is 0.460 e. The number of hydrogen-bond acceptors (Lipinski definition) is 2. The molecule has 0 rings (SSSR count). The van der Waals surface area contributed by atoms with Crippen LogP contribution in [0.3, 0.4) is 0 Å². The molecule has 0 atom stereocenters. The molecule has 0 heterocycles. The van der Waals surface area contributed by atoms with Crippen LogP contribution in [0.5, 0.6) is 0 Å². The second-order valence-corrected chi connectivity index (χ2v) is 21.1. The van der Waals surface area contributed by atoms with E-state index >= 15 is 0 Å². The summed E-state index contributed by atoms with van der Waals surface area (Å²) in [5, 5.41) is 0. The van der Waals surface area contributed by atoms with Gasteiger partial charge in [-0.15, -0.1) is 0 Å². The van der Waals surface area contributed by atoms with Crippen LogP contribution in [0.2, 0.25) is 44.8 Å². The lowest BCUT2D eigenvalue weighted by atomic mass is 10.0. The van der Waals surface area contributed by atoms with Crippen LogP contribution in [0.4, 0.5) is 79.0 Å². The fraction of sp³-hybridized carbons (Fsp3) is 1.00. The molecule has 0 unspecified atom stereocenters. The molecule has 0 saturated carbocycles. The van der Waals surface area contributed by atoms with Crippen LogP contribution in [0.1, 0.15) is 12.8 Å². The van der Waals surface area contributed by atoms with Gasteiger partial charge in [-0.1, -0.05) is 0 Å². The molecule has 0 aromatic carbocycles. The molecule has 0 fully saturated rings.